The summed E-state index contributed by atoms with van der Waals surface area (Å²) < 4.78 is 7.54. The minimum absolute atomic E-state index is 0.0174. The Labute approximate surface area is 192 Å². The van der Waals surface area contributed by atoms with Gasteiger partial charge in [-0.3, -0.25) is 19.2 Å². The largest absolute Gasteiger partial charge is 0.446 e. The highest BCUT2D eigenvalue weighted by molar-refractivity contribution is 6.03. The molecule has 5 rings (SSSR count). The summed E-state index contributed by atoms with van der Waals surface area (Å²) in [5.74, 6) is -0.0250. The molecule has 2 fully saturated rings. The summed E-state index contributed by atoms with van der Waals surface area (Å²) in [6.45, 7) is 4.50. The van der Waals surface area contributed by atoms with Crippen molar-refractivity contribution in [2.24, 2.45) is 0 Å². The summed E-state index contributed by atoms with van der Waals surface area (Å²) in [5.41, 5.74) is 3.14. The van der Waals surface area contributed by atoms with Gasteiger partial charge in [-0.15, -0.1) is 0 Å². The van der Waals surface area contributed by atoms with E-state index in [1.165, 1.54) is 0 Å². The molecular formula is C24H29N5O4. The third-order valence-electron chi connectivity index (χ3n) is 6.82. The zero-order chi connectivity index (χ0) is 23.1. The normalized spacial score (nSPS) is 22.9. The minimum Gasteiger partial charge on any atom is -0.446 e. The summed E-state index contributed by atoms with van der Waals surface area (Å²) in [5, 5.41) is 7.34. The molecule has 174 valence electrons. The van der Waals surface area contributed by atoms with E-state index in [1.54, 1.807) is 22.9 Å². The third-order valence-corrected chi connectivity index (χ3v) is 6.82. The average molecular weight is 452 g/mol. The number of rotatable bonds is 3. The van der Waals surface area contributed by atoms with Crippen molar-refractivity contribution < 1.29 is 19.1 Å². The van der Waals surface area contributed by atoms with Crippen LogP contribution in [0.15, 0.2) is 30.6 Å². The van der Waals surface area contributed by atoms with E-state index < -0.39 is 0 Å². The maximum atomic E-state index is 13.0. The smallest absolute Gasteiger partial charge is 0.414 e. The first-order valence-electron chi connectivity index (χ1n) is 11.6. The Morgan fingerprint density at radius 1 is 1.15 bits per heavy atom. The Morgan fingerprint density at radius 2 is 1.97 bits per heavy atom. The lowest BCUT2D eigenvalue weighted by molar-refractivity contribution is -0.123. The Morgan fingerprint density at radius 3 is 2.67 bits per heavy atom. The van der Waals surface area contributed by atoms with Crippen molar-refractivity contribution in [1.29, 1.82) is 0 Å². The van der Waals surface area contributed by atoms with Gasteiger partial charge in [0.05, 0.1) is 29.7 Å². The molecular weight excluding hydrogens is 422 g/mol. The lowest BCUT2D eigenvalue weighted by atomic mass is 9.96. The van der Waals surface area contributed by atoms with Gasteiger partial charge in [-0.05, 0) is 50.3 Å². The number of nitrogens with zero attached hydrogens (tertiary/aromatic N) is 4. The SMILES string of the molecule is CC(=O)N1c2ccc(-c3cnn([C@@H]4CCNC(=O)C4)c3)cc2N(C(=O)OC2CCC2)C[C@@H]1C. The molecule has 9 nitrogen and oxygen atoms in total. The highest BCUT2D eigenvalue weighted by Crippen LogP contribution is 2.40. The molecule has 3 heterocycles. The molecule has 0 spiro atoms. The first-order valence-corrected chi connectivity index (χ1v) is 11.6. The maximum absolute atomic E-state index is 13.0. The molecule has 1 N–H and O–H groups in total. The van der Waals surface area contributed by atoms with Gasteiger partial charge in [0, 0.05) is 38.2 Å². The van der Waals surface area contributed by atoms with Crippen LogP contribution in [0.5, 0.6) is 0 Å². The number of nitrogens with one attached hydrogen (secondary N) is 1. The number of hydrogen-bond acceptors (Lipinski definition) is 5. The summed E-state index contributed by atoms with van der Waals surface area (Å²) in [6.07, 6.45) is 7.48. The van der Waals surface area contributed by atoms with E-state index in [9.17, 15) is 14.4 Å². The first kappa shape index (κ1) is 21.5. The van der Waals surface area contributed by atoms with Crippen molar-refractivity contribution >= 4 is 29.3 Å². The quantitative estimate of drug-likeness (QED) is 0.773. The fourth-order valence-electron chi connectivity index (χ4n) is 4.83. The molecule has 3 aliphatic rings. The number of ether oxygens (including phenoxy) is 1. The monoisotopic (exact) mass is 451 g/mol. The molecule has 1 aromatic carbocycles. The van der Waals surface area contributed by atoms with E-state index in [0.717, 1.165) is 36.8 Å². The van der Waals surface area contributed by atoms with Crippen molar-refractivity contribution in [2.45, 2.75) is 64.1 Å². The van der Waals surface area contributed by atoms with Crippen LogP contribution >= 0.6 is 0 Å². The van der Waals surface area contributed by atoms with Crippen molar-refractivity contribution in [1.82, 2.24) is 15.1 Å². The van der Waals surface area contributed by atoms with Gasteiger partial charge in [-0.25, -0.2) is 4.79 Å². The molecule has 33 heavy (non-hydrogen) atoms. The van der Waals surface area contributed by atoms with Crippen LogP contribution in [-0.4, -0.2) is 52.9 Å². The molecule has 1 aromatic heterocycles. The highest BCUT2D eigenvalue weighted by atomic mass is 16.6. The molecule has 1 saturated carbocycles. The van der Waals surface area contributed by atoms with Crippen LogP contribution in [0.4, 0.5) is 16.2 Å². The highest BCUT2D eigenvalue weighted by Gasteiger charge is 2.36. The van der Waals surface area contributed by atoms with E-state index in [4.69, 9.17) is 4.74 Å². The van der Waals surface area contributed by atoms with E-state index in [-0.39, 0.29) is 36.1 Å². The zero-order valence-corrected chi connectivity index (χ0v) is 19.0. The first-order chi connectivity index (χ1) is 15.9. The second-order valence-electron chi connectivity index (χ2n) is 9.19. The number of amides is 3. The second-order valence-corrected chi connectivity index (χ2v) is 9.19. The molecule has 2 aliphatic heterocycles. The number of anilines is 2. The van der Waals surface area contributed by atoms with Gasteiger partial charge >= 0.3 is 6.09 Å². The van der Waals surface area contributed by atoms with Gasteiger partial charge in [-0.2, -0.15) is 5.10 Å². The Balaban J connectivity index is 1.47. The molecule has 9 heteroatoms. The molecule has 0 radical (unpaired) electrons. The third kappa shape index (κ3) is 4.07. The Bertz CT molecular complexity index is 1090. The van der Waals surface area contributed by atoms with Gasteiger partial charge in [0.2, 0.25) is 11.8 Å². The van der Waals surface area contributed by atoms with Gasteiger partial charge in [-0.1, -0.05) is 6.07 Å². The van der Waals surface area contributed by atoms with Crippen LogP contribution in [0.3, 0.4) is 0 Å². The zero-order valence-electron chi connectivity index (χ0n) is 19.0. The fraction of sp³-hybridized carbons (Fsp3) is 0.500. The Hall–Kier alpha value is -3.36. The molecule has 2 aromatic rings. The minimum atomic E-state index is -0.364. The van der Waals surface area contributed by atoms with Gasteiger partial charge in [0.1, 0.15) is 6.10 Å². The van der Waals surface area contributed by atoms with Crippen LogP contribution in [0.1, 0.15) is 52.0 Å². The van der Waals surface area contributed by atoms with Crippen LogP contribution in [0, 0.1) is 0 Å². The molecule has 3 amide bonds. The molecule has 0 unspecified atom stereocenters. The number of benzene rings is 1. The van der Waals surface area contributed by atoms with Crippen molar-refractivity contribution in [3.63, 3.8) is 0 Å². The van der Waals surface area contributed by atoms with Crippen molar-refractivity contribution in [3.8, 4) is 11.1 Å². The average Bonchev–Trinajstić information content (AvgIpc) is 3.25. The second kappa shape index (κ2) is 8.53. The van der Waals surface area contributed by atoms with Crippen LogP contribution < -0.4 is 15.1 Å². The Kier molecular flexibility index (Phi) is 5.55. The molecule has 0 bridgehead atoms. The number of aromatic nitrogens is 2. The van der Waals surface area contributed by atoms with Crippen LogP contribution in [0.2, 0.25) is 0 Å². The number of hydrogen-bond donors (Lipinski definition) is 1. The standard InChI is InChI=1S/C24H29N5O4/c1-15-13-27(24(32)33-20-4-3-5-20)22-10-17(6-7-21(22)29(15)16(2)30)18-12-26-28(14-18)19-8-9-25-23(31)11-19/h6-7,10,12,14-15,19-20H,3-5,8-9,11,13H2,1-2H3,(H,25,31)/t15-,19+/m0/s1. The lowest BCUT2D eigenvalue weighted by Crippen LogP contribution is -2.52. The summed E-state index contributed by atoms with van der Waals surface area (Å²) in [7, 11) is 0. The van der Waals surface area contributed by atoms with Gasteiger partial charge in [0.15, 0.2) is 0 Å². The number of piperidine rings is 1. The van der Waals surface area contributed by atoms with Crippen molar-refractivity contribution in [3.05, 3.63) is 30.6 Å². The van der Waals surface area contributed by atoms with E-state index in [0.29, 0.717) is 30.9 Å². The fourth-order valence-corrected chi connectivity index (χ4v) is 4.83. The van der Waals surface area contributed by atoms with Gasteiger partial charge in [0.25, 0.3) is 0 Å². The predicted octanol–water partition coefficient (Wildman–Crippen LogP) is 3.25. The van der Waals surface area contributed by atoms with Crippen molar-refractivity contribution in [2.75, 3.05) is 22.9 Å². The summed E-state index contributed by atoms with van der Waals surface area (Å²) >= 11 is 0. The molecule has 2 atom stereocenters. The van der Waals surface area contributed by atoms with E-state index in [2.05, 4.69) is 10.4 Å². The number of fused-ring (bicyclic) bond motifs is 1. The summed E-state index contributed by atoms with van der Waals surface area (Å²) in [4.78, 5) is 40.6. The van der Waals surface area contributed by atoms with Gasteiger partial charge < -0.3 is 15.0 Å². The van der Waals surface area contributed by atoms with E-state index in [1.807, 2.05) is 36.0 Å². The van der Waals surface area contributed by atoms with E-state index >= 15 is 0 Å². The maximum Gasteiger partial charge on any atom is 0.414 e. The van der Waals surface area contributed by atoms with Crippen LogP contribution in [-0.2, 0) is 14.3 Å². The lowest BCUT2D eigenvalue weighted by Gasteiger charge is -2.41. The summed E-state index contributed by atoms with van der Waals surface area (Å²) in [6, 6.07) is 5.63. The van der Waals surface area contributed by atoms with Crippen LogP contribution in [0.25, 0.3) is 11.1 Å². The molecule has 1 saturated heterocycles. The topological polar surface area (TPSA) is 96.8 Å². The molecule has 1 aliphatic carbocycles. The predicted molar refractivity (Wildman–Crippen MR) is 123 cm³/mol. The number of carbonyl (C=O) groups excluding carboxylic acids is 3. The number of carbonyl (C=O) groups is 3.